The van der Waals surface area contributed by atoms with Gasteiger partial charge >= 0.3 is 0 Å². The predicted molar refractivity (Wildman–Crippen MR) is 89.2 cm³/mol. The molecule has 3 aliphatic heterocycles. The summed E-state index contributed by atoms with van der Waals surface area (Å²) in [6.07, 6.45) is 5.40. The normalized spacial score (nSPS) is 31.3. The highest BCUT2D eigenvalue weighted by Gasteiger charge is 2.42. The van der Waals surface area contributed by atoms with Crippen LogP contribution in [-0.4, -0.2) is 61.8 Å². The van der Waals surface area contributed by atoms with Gasteiger partial charge in [-0.15, -0.1) is 0 Å². The quantitative estimate of drug-likeness (QED) is 0.850. The van der Waals surface area contributed by atoms with Gasteiger partial charge in [0.25, 0.3) is 0 Å². The van der Waals surface area contributed by atoms with E-state index in [0.29, 0.717) is 0 Å². The van der Waals surface area contributed by atoms with Crippen LogP contribution in [0.4, 0.5) is 0 Å². The number of likely N-dealkylation sites (tertiary alicyclic amines) is 2. The summed E-state index contributed by atoms with van der Waals surface area (Å²) in [7, 11) is 0. The summed E-state index contributed by atoms with van der Waals surface area (Å²) in [6, 6.07) is 11.8. The van der Waals surface area contributed by atoms with Gasteiger partial charge in [0.1, 0.15) is 0 Å². The Hall–Kier alpha value is -0.900. The molecular formula is C19H28N2O. The lowest BCUT2D eigenvalue weighted by Crippen LogP contribution is -2.62. The van der Waals surface area contributed by atoms with Crippen molar-refractivity contribution in [3.63, 3.8) is 0 Å². The van der Waals surface area contributed by atoms with Crippen LogP contribution < -0.4 is 0 Å². The molecule has 0 aromatic heterocycles. The summed E-state index contributed by atoms with van der Waals surface area (Å²) in [6.45, 7) is 8.14. The molecule has 3 heterocycles. The van der Waals surface area contributed by atoms with Crippen LogP contribution in [0, 0.1) is 0 Å². The van der Waals surface area contributed by atoms with Crippen molar-refractivity contribution < 1.29 is 4.74 Å². The number of hydrogen-bond acceptors (Lipinski definition) is 3. The van der Waals surface area contributed by atoms with Gasteiger partial charge in [0.15, 0.2) is 0 Å². The van der Waals surface area contributed by atoms with Gasteiger partial charge in [0.05, 0.1) is 6.61 Å². The van der Waals surface area contributed by atoms with E-state index in [1.54, 1.807) is 0 Å². The van der Waals surface area contributed by atoms with Gasteiger partial charge in [-0.25, -0.2) is 0 Å². The van der Waals surface area contributed by atoms with Crippen LogP contribution in [0.15, 0.2) is 30.3 Å². The van der Waals surface area contributed by atoms with Crippen LogP contribution in [-0.2, 0) is 10.2 Å². The van der Waals surface area contributed by atoms with E-state index in [4.69, 9.17) is 4.74 Å². The SMILES string of the molecule is c1ccc([C@@]2(CN3CC(N4CCCCC4)C3)CCOC2)cc1. The summed E-state index contributed by atoms with van der Waals surface area (Å²) in [5.74, 6) is 0. The molecule has 0 radical (unpaired) electrons. The third-order valence-electron chi connectivity index (χ3n) is 5.86. The molecule has 3 nitrogen and oxygen atoms in total. The van der Waals surface area contributed by atoms with Crippen LogP contribution in [0.5, 0.6) is 0 Å². The maximum Gasteiger partial charge on any atom is 0.0576 e. The Balaban J connectivity index is 1.38. The van der Waals surface area contributed by atoms with E-state index in [1.807, 2.05) is 0 Å². The highest BCUT2D eigenvalue weighted by molar-refractivity contribution is 5.27. The van der Waals surface area contributed by atoms with Gasteiger partial charge in [-0.05, 0) is 37.9 Å². The standard InChI is InChI=1S/C19H28N2O/c1-3-7-17(8-4-1)19(9-12-22-16-19)15-20-13-18(14-20)21-10-5-2-6-11-21/h1,3-4,7-8,18H,2,5-6,9-16H2/t19-/m1/s1. The second-order valence-corrected chi connectivity index (χ2v) is 7.39. The summed E-state index contributed by atoms with van der Waals surface area (Å²) >= 11 is 0. The number of piperidine rings is 1. The maximum absolute atomic E-state index is 5.79. The molecule has 0 bridgehead atoms. The molecule has 3 fully saturated rings. The van der Waals surface area contributed by atoms with Gasteiger partial charge in [-0.2, -0.15) is 0 Å². The van der Waals surface area contributed by atoms with E-state index in [0.717, 1.165) is 19.3 Å². The molecular weight excluding hydrogens is 272 g/mol. The highest BCUT2D eigenvalue weighted by atomic mass is 16.5. The second kappa shape index (κ2) is 6.31. The van der Waals surface area contributed by atoms with Crippen molar-refractivity contribution in [2.75, 3.05) is 45.9 Å². The highest BCUT2D eigenvalue weighted by Crippen LogP contribution is 2.35. The molecule has 0 saturated carbocycles. The van der Waals surface area contributed by atoms with Crippen LogP contribution >= 0.6 is 0 Å². The molecule has 4 rings (SSSR count). The van der Waals surface area contributed by atoms with Crippen LogP contribution in [0.1, 0.15) is 31.2 Å². The average molecular weight is 300 g/mol. The third kappa shape index (κ3) is 2.82. The monoisotopic (exact) mass is 300 g/mol. The second-order valence-electron chi connectivity index (χ2n) is 7.39. The maximum atomic E-state index is 5.79. The molecule has 3 heteroatoms. The lowest BCUT2D eigenvalue weighted by atomic mass is 9.78. The first-order valence-corrected chi connectivity index (χ1v) is 8.95. The Kier molecular flexibility index (Phi) is 4.21. The number of ether oxygens (including phenoxy) is 1. The topological polar surface area (TPSA) is 15.7 Å². The van der Waals surface area contributed by atoms with E-state index in [2.05, 4.69) is 40.1 Å². The number of nitrogens with zero attached hydrogens (tertiary/aromatic N) is 2. The summed E-state index contributed by atoms with van der Waals surface area (Å²) in [5, 5.41) is 0. The van der Waals surface area contributed by atoms with Crippen molar-refractivity contribution >= 4 is 0 Å². The molecule has 120 valence electrons. The zero-order chi connectivity index (χ0) is 14.8. The summed E-state index contributed by atoms with van der Waals surface area (Å²) in [5.41, 5.74) is 1.70. The summed E-state index contributed by atoms with van der Waals surface area (Å²) in [4.78, 5) is 5.38. The Labute approximate surface area is 134 Å². The first-order valence-electron chi connectivity index (χ1n) is 8.95. The van der Waals surface area contributed by atoms with E-state index in [9.17, 15) is 0 Å². The van der Waals surface area contributed by atoms with Crippen molar-refractivity contribution in [3.8, 4) is 0 Å². The number of benzene rings is 1. The lowest BCUT2D eigenvalue weighted by Gasteiger charge is -2.49. The predicted octanol–water partition coefficient (Wildman–Crippen LogP) is 2.51. The van der Waals surface area contributed by atoms with Crippen LogP contribution in [0.25, 0.3) is 0 Å². The first kappa shape index (κ1) is 14.7. The van der Waals surface area contributed by atoms with Crippen molar-refractivity contribution in [1.82, 2.24) is 9.80 Å². The van der Waals surface area contributed by atoms with Crippen molar-refractivity contribution in [2.24, 2.45) is 0 Å². The van der Waals surface area contributed by atoms with E-state index in [-0.39, 0.29) is 5.41 Å². The molecule has 3 aliphatic rings. The van der Waals surface area contributed by atoms with Gasteiger partial charge in [0, 0.05) is 37.7 Å². The lowest BCUT2D eigenvalue weighted by molar-refractivity contribution is 0.00804. The van der Waals surface area contributed by atoms with Crippen molar-refractivity contribution in [1.29, 1.82) is 0 Å². The largest absolute Gasteiger partial charge is 0.380 e. The van der Waals surface area contributed by atoms with Gasteiger partial charge in [-0.3, -0.25) is 9.80 Å². The third-order valence-corrected chi connectivity index (χ3v) is 5.86. The Morgan fingerprint density at radius 2 is 1.82 bits per heavy atom. The molecule has 1 aromatic rings. The van der Waals surface area contributed by atoms with Crippen molar-refractivity contribution in [2.45, 2.75) is 37.1 Å². The first-order chi connectivity index (χ1) is 10.9. The fraction of sp³-hybridized carbons (Fsp3) is 0.684. The molecule has 0 N–H and O–H groups in total. The van der Waals surface area contributed by atoms with E-state index < -0.39 is 0 Å². The van der Waals surface area contributed by atoms with Crippen molar-refractivity contribution in [3.05, 3.63) is 35.9 Å². The Morgan fingerprint density at radius 3 is 2.50 bits per heavy atom. The van der Waals surface area contributed by atoms with E-state index >= 15 is 0 Å². The zero-order valence-electron chi connectivity index (χ0n) is 13.5. The molecule has 1 atom stereocenters. The smallest absolute Gasteiger partial charge is 0.0576 e. The number of hydrogen-bond donors (Lipinski definition) is 0. The Morgan fingerprint density at radius 1 is 1.05 bits per heavy atom. The van der Waals surface area contributed by atoms with Crippen LogP contribution in [0.2, 0.25) is 0 Å². The van der Waals surface area contributed by atoms with E-state index in [1.165, 1.54) is 64.0 Å². The molecule has 0 unspecified atom stereocenters. The van der Waals surface area contributed by atoms with Crippen LogP contribution in [0.3, 0.4) is 0 Å². The Bertz CT molecular complexity index is 471. The minimum absolute atomic E-state index is 0.230. The van der Waals surface area contributed by atoms with Gasteiger partial charge < -0.3 is 4.74 Å². The molecule has 0 amide bonds. The van der Waals surface area contributed by atoms with Gasteiger partial charge in [-0.1, -0.05) is 36.8 Å². The van der Waals surface area contributed by atoms with Gasteiger partial charge in [0.2, 0.25) is 0 Å². The summed E-state index contributed by atoms with van der Waals surface area (Å²) < 4.78 is 5.79. The molecule has 0 aliphatic carbocycles. The minimum atomic E-state index is 0.230. The minimum Gasteiger partial charge on any atom is -0.380 e. The molecule has 1 aromatic carbocycles. The zero-order valence-corrected chi connectivity index (χ0v) is 13.5. The molecule has 3 saturated heterocycles. The fourth-order valence-corrected chi connectivity index (χ4v) is 4.46. The fourth-order valence-electron chi connectivity index (χ4n) is 4.46. The average Bonchev–Trinajstić information content (AvgIpc) is 3.02. The molecule has 22 heavy (non-hydrogen) atoms. The number of rotatable bonds is 4. The molecule has 0 spiro atoms.